The van der Waals surface area contributed by atoms with Gasteiger partial charge in [0.15, 0.2) is 0 Å². The topological polar surface area (TPSA) is 30.5 Å². The van der Waals surface area contributed by atoms with Crippen LogP contribution in [-0.2, 0) is 6.42 Å². The normalized spacial score (nSPS) is 15.8. The molecule has 1 aromatic rings. The van der Waals surface area contributed by atoms with Crippen molar-refractivity contribution in [1.29, 1.82) is 0 Å². The molecule has 4 heteroatoms. The monoisotopic (exact) mass is 355 g/mol. The number of nitrogens with one attached hydrogen (secondary N) is 1. The second-order valence-corrected chi connectivity index (χ2v) is 6.81. The summed E-state index contributed by atoms with van der Waals surface area (Å²) in [7, 11) is 3.39. The van der Waals surface area contributed by atoms with Crippen LogP contribution in [0.2, 0.25) is 0 Å². The van der Waals surface area contributed by atoms with Crippen LogP contribution in [0.1, 0.15) is 38.2 Å². The number of methoxy groups -OCH3 is 2. The van der Waals surface area contributed by atoms with E-state index in [4.69, 9.17) is 9.47 Å². The third kappa shape index (κ3) is 5.19. The van der Waals surface area contributed by atoms with Gasteiger partial charge in [0.25, 0.3) is 0 Å². The maximum atomic E-state index is 5.50. The average Bonchev–Trinajstić information content (AvgIpc) is 3.29. The van der Waals surface area contributed by atoms with Crippen molar-refractivity contribution < 1.29 is 9.47 Å². The van der Waals surface area contributed by atoms with Crippen LogP contribution in [-0.4, -0.2) is 26.8 Å². The van der Waals surface area contributed by atoms with Crippen molar-refractivity contribution >= 4 is 15.9 Å². The van der Waals surface area contributed by atoms with E-state index in [-0.39, 0.29) is 0 Å². The van der Waals surface area contributed by atoms with Crippen LogP contribution in [0.5, 0.6) is 11.5 Å². The molecule has 0 aliphatic heterocycles. The lowest BCUT2D eigenvalue weighted by molar-refractivity contribution is 0.387. The molecule has 1 fully saturated rings. The summed E-state index contributed by atoms with van der Waals surface area (Å²) in [6.07, 6.45) is 6.17. The quantitative estimate of drug-likeness (QED) is 0.720. The largest absolute Gasteiger partial charge is 0.497 e. The fourth-order valence-electron chi connectivity index (χ4n) is 2.49. The molecule has 1 aliphatic carbocycles. The second-order valence-electron chi connectivity index (χ2n) is 5.95. The number of halogens is 1. The van der Waals surface area contributed by atoms with Crippen molar-refractivity contribution in [3.8, 4) is 11.5 Å². The van der Waals surface area contributed by atoms with E-state index < -0.39 is 0 Å². The maximum absolute atomic E-state index is 5.50. The maximum Gasteiger partial charge on any atom is 0.126 e. The Morgan fingerprint density at radius 3 is 2.62 bits per heavy atom. The Labute approximate surface area is 136 Å². The van der Waals surface area contributed by atoms with Gasteiger partial charge in [0.05, 0.1) is 14.2 Å². The highest BCUT2D eigenvalue weighted by Gasteiger charge is 2.20. The number of benzene rings is 1. The van der Waals surface area contributed by atoms with E-state index in [0.717, 1.165) is 40.9 Å². The van der Waals surface area contributed by atoms with Crippen molar-refractivity contribution in [3.63, 3.8) is 0 Å². The first-order valence-corrected chi connectivity index (χ1v) is 8.57. The van der Waals surface area contributed by atoms with Crippen LogP contribution >= 0.6 is 15.9 Å². The van der Waals surface area contributed by atoms with E-state index in [1.54, 1.807) is 14.2 Å². The molecule has 0 amide bonds. The van der Waals surface area contributed by atoms with Gasteiger partial charge in [0, 0.05) is 22.1 Å². The van der Waals surface area contributed by atoms with E-state index in [1.165, 1.54) is 31.2 Å². The molecule has 0 bridgehead atoms. The fraction of sp³-hybridized carbons (Fsp3) is 0.647. The molecular weight excluding hydrogens is 330 g/mol. The molecule has 3 nitrogen and oxygen atoms in total. The predicted octanol–water partition coefficient (Wildman–Crippen LogP) is 4.18. The summed E-state index contributed by atoms with van der Waals surface area (Å²) in [5.74, 6) is 2.45. The third-order valence-electron chi connectivity index (χ3n) is 4.12. The summed E-state index contributed by atoms with van der Waals surface area (Å²) >= 11 is 3.64. The molecule has 1 N–H and O–H groups in total. The molecule has 21 heavy (non-hydrogen) atoms. The Bertz CT molecular complexity index is 460. The molecule has 0 spiro atoms. The van der Waals surface area contributed by atoms with E-state index in [9.17, 15) is 0 Å². The molecule has 1 unspecified atom stereocenters. The van der Waals surface area contributed by atoms with Gasteiger partial charge in [-0.1, -0.05) is 22.9 Å². The van der Waals surface area contributed by atoms with Crippen molar-refractivity contribution in [3.05, 3.63) is 22.2 Å². The summed E-state index contributed by atoms with van der Waals surface area (Å²) in [6.45, 7) is 3.48. The Kier molecular flexibility index (Phi) is 6.37. The fourth-order valence-corrected chi connectivity index (χ4v) is 3.11. The Morgan fingerprint density at radius 2 is 2.00 bits per heavy atom. The summed E-state index contributed by atoms with van der Waals surface area (Å²) in [4.78, 5) is 0. The SMILES string of the molecule is COc1cc(Br)c(CCC(C)CCNC2CC2)c(OC)c1. The lowest BCUT2D eigenvalue weighted by atomic mass is 9.97. The van der Waals surface area contributed by atoms with E-state index in [0.29, 0.717) is 0 Å². The molecule has 118 valence electrons. The molecular formula is C17H26BrNO2. The molecule has 1 aromatic carbocycles. The smallest absolute Gasteiger partial charge is 0.126 e. The highest BCUT2D eigenvalue weighted by atomic mass is 79.9. The Hall–Kier alpha value is -0.740. The first-order valence-electron chi connectivity index (χ1n) is 7.77. The van der Waals surface area contributed by atoms with Crippen LogP contribution in [0, 0.1) is 5.92 Å². The molecule has 0 saturated heterocycles. The summed E-state index contributed by atoms with van der Waals surface area (Å²) in [5.41, 5.74) is 1.24. The number of hydrogen-bond donors (Lipinski definition) is 1. The lowest BCUT2D eigenvalue weighted by Gasteiger charge is -2.16. The molecule has 1 atom stereocenters. The van der Waals surface area contributed by atoms with Gasteiger partial charge < -0.3 is 14.8 Å². The van der Waals surface area contributed by atoms with Crippen molar-refractivity contribution in [2.45, 2.75) is 45.1 Å². The van der Waals surface area contributed by atoms with Crippen LogP contribution < -0.4 is 14.8 Å². The zero-order chi connectivity index (χ0) is 15.2. The van der Waals surface area contributed by atoms with Crippen LogP contribution in [0.4, 0.5) is 0 Å². The van der Waals surface area contributed by atoms with Gasteiger partial charge >= 0.3 is 0 Å². The lowest BCUT2D eigenvalue weighted by Crippen LogP contribution is -2.19. The third-order valence-corrected chi connectivity index (χ3v) is 4.83. The summed E-state index contributed by atoms with van der Waals surface area (Å²) < 4.78 is 11.9. The van der Waals surface area contributed by atoms with E-state index in [1.807, 2.05) is 12.1 Å². The highest BCUT2D eigenvalue weighted by molar-refractivity contribution is 9.10. The van der Waals surface area contributed by atoms with Gasteiger partial charge in [0.2, 0.25) is 0 Å². The Balaban J connectivity index is 1.85. The Morgan fingerprint density at radius 1 is 1.24 bits per heavy atom. The highest BCUT2D eigenvalue weighted by Crippen LogP contribution is 2.34. The standard InChI is InChI=1S/C17H26BrNO2/c1-12(8-9-19-13-5-6-13)4-7-15-16(18)10-14(20-2)11-17(15)21-3/h10-13,19H,4-9H2,1-3H3. The van der Waals surface area contributed by atoms with E-state index in [2.05, 4.69) is 28.2 Å². The zero-order valence-corrected chi connectivity index (χ0v) is 14.8. The second kappa shape index (κ2) is 8.04. The van der Waals surface area contributed by atoms with Crippen LogP contribution in [0.3, 0.4) is 0 Å². The van der Waals surface area contributed by atoms with Gasteiger partial charge in [-0.25, -0.2) is 0 Å². The van der Waals surface area contributed by atoms with Crippen molar-refractivity contribution in [1.82, 2.24) is 5.32 Å². The van der Waals surface area contributed by atoms with Crippen molar-refractivity contribution in [2.24, 2.45) is 5.92 Å². The first-order chi connectivity index (χ1) is 10.1. The molecule has 0 aromatic heterocycles. The molecule has 0 radical (unpaired) electrons. The summed E-state index contributed by atoms with van der Waals surface area (Å²) in [6, 6.07) is 4.78. The van der Waals surface area contributed by atoms with Gasteiger partial charge in [0.1, 0.15) is 11.5 Å². The van der Waals surface area contributed by atoms with Crippen molar-refractivity contribution in [2.75, 3.05) is 20.8 Å². The molecule has 1 aliphatic rings. The number of ether oxygens (including phenoxy) is 2. The minimum absolute atomic E-state index is 0.718. The van der Waals surface area contributed by atoms with Crippen LogP contribution in [0.15, 0.2) is 16.6 Å². The predicted molar refractivity (Wildman–Crippen MR) is 90.4 cm³/mol. The molecule has 0 heterocycles. The minimum Gasteiger partial charge on any atom is -0.497 e. The molecule has 1 saturated carbocycles. The number of rotatable bonds is 9. The first kappa shape index (κ1) is 16.6. The van der Waals surface area contributed by atoms with Gasteiger partial charge in [-0.15, -0.1) is 0 Å². The van der Waals surface area contributed by atoms with Crippen LogP contribution in [0.25, 0.3) is 0 Å². The average molecular weight is 356 g/mol. The summed E-state index contributed by atoms with van der Waals surface area (Å²) in [5, 5.41) is 3.58. The number of hydrogen-bond acceptors (Lipinski definition) is 3. The van der Waals surface area contributed by atoms with Gasteiger partial charge in [-0.05, 0) is 50.6 Å². The minimum atomic E-state index is 0.718. The molecule has 2 rings (SSSR count). The van der Waals surface area contributed by atoms with Gasteiger partial charge in [-0.2, -0.15) is 0 Å². The van der Waals surface area contributed by atoms with E-state index >= 15 is 0 Å². The van der Waals surface area contributed by atoms with Gasteiger partial charge in [-0.3, -0.25) is 0 Å². The zero-order valence-electron chi connectivity index (χ0n) is 13.2.